The van der Waals surface area contributed by atoms with Crippen LogP contribution in [-0.4, -0.2) is 45.0 Å². The van der Waals surface area contributed by atoms with Gasteiger partial charge in [0.2, 0.25) is 0 Å². The van der Waals surface area contributed by atoms with Gasteiger partial charge in [-0.25, -0.2) is 5.43 Å². The third kappa shape index (κ3) is 92.4. The topological polar surface area (TPSA) is 96.4 Å². The molecule has 0 radical (unpaired) electrons. The number of hydrogen-bond donors (Lipinski definition) is 4. The summed E-state index contributed by atoms with van der Waals surface area (Å²) >= 11 is 0. The maximum atomic E-state index is 12.1. The highest BCUT2D eigenvalue weighted by atomic mass is 16.2. The van der Waals surface area contributed by atoms with E-state index in [4.69, 9.17) is 0 Å². The minimum Gasteiger partial charge on any atom is -0.340 e. The van der Waals surface area contributed by atoms with Crippen LogP contribution in [0.5, 0.6) is 0 Å². The van der Waals surface area contributed by atoms with Gasteiger partial charge in [0, 0.05) is 20.1 Å². The van der Waals surface area contributed by atoms with E-state index in [0.29, 0.717) is 17.0 Å². The summed E-state index contributed by atoms with van der Waals surface area (Å²) < 4.78 is 0. The lowest BCUT2D eigenvalue weighted by Crippen LogP contribution is -2.40. The zero-order valence-corrected chi connectivity index (χ0v) is 40.7. The molecule has 0 aromatic heterocycles. The molecule has 0 saturated heterocycles. The summed E-state index contributed by atoms with van der Waals surface area (Å²) in [5, 5.41) is 0. The van der Waals surface area contributed by atoms with Gasteiger partial charge in [0.05, 0.1) is 0 Å². The Morgan fingerprint density at radius 3 is 1.48 bits per heavy atom. The van der Waals surface area contributed by atoms with E-state index in [-0.39, 0.29) is 5.91 Å². The quantitative estimate of drug-likeness (QED) is 0.0412. The second-order valence-electron chi connectivity index (χ2n) is 12.8. The van der Waals surface area contributed by atoms with Gasteiger partial charge in [-0.15, -0.1) is 26.3 Å². The highest BCUT2D eigenvalue weighted by Gasteiger charge is 2.25. The van der Waals surface area contributed by atoms with Crippen molar-refractivity contribution in [3.05, 3.63) is 75.6 Å². The van der Waals surface area contributed by atoms with Crippen molar-refractivity contribution in [1.82, 2.24) is 15.8 Å². The highest BCUT2D eigenvalue weighted by Crippen LogP contribution is 2.38. The fourth-order valence-electron chi connectivity index (χ4n) is 3.36. The second-order valence-corrected chi connectivity index (χ2v) is 12.8. The maximum absolute atomic E-state index is 12.1. The van der Waals surface area contributed by atoms with Crippen molar-refractivity contribution in [1.29, 1.82) is 0 Å². The Balaban J connectivity index is -0.0000000684. The number of nitrogens with zero attached hydrogens (tertiary/aromatic N) is 1. The molecule has 6 nitrogen and oxygen atoms in total. The molecule has 330 valence electrons. The number of amides is 1. The molecule has 6 N–H and O–H groups in total. The Labute approximate surface area is 344 Å². The Kier molecular flexibility index (Phi) is 107. The third-order valence-electron chi connectivity index (χ3n) is 5.65. The van der Waals surface area contributed by atoms with Gasteiger partial charge in [0.25, 0.3) is 5.91 Å². The Hall–Kier alpha value is -2.41. The summed E-state index contributed by atoms with van der Waals surface area (Å²) in [7, 11) is 4.82. The molecule has 1 atom stereocenters. The molecule has 0 bridgehead atoms. The highest BCUT2D eigenvalue weighted by molar-refractivity contribution is 5.91. The second kappa shape index (κ2) is 75.5. The van der Waals surface area contributed by atoms with Crippen LogP contribution in [0.4, 0.5) is 0 Å². The minimum absolute atomic E-state index is 0.0484. The van der Waals surface area contributed by atoms with Crippen LogP contribution in [-0.2, 0) is 4.79 Å². The van der Waals surface area contributed by atoms with Crippen molar-refractivity contribution in [2.75, 3.05) is 34.2 Å². The molecule has 0 heterocycles. The van der Waals surface area contributed by atoms with Crippen molar-refractivity contribution >= 4 is 5.91 Å². The first kappa shape index (κ1) is 76.3. The first-order chi connectivity index (χ1) is 25.7. The van der Waals surface area contributed by atoms with Crippen molar-refractivity contribution in [2.45, 2.75) is 181 Å². The van der Waals surface area contributed by atoms with Gasteiger partial charge in [-0.2, -0.15) is 0 Å². The number of carbonyl (C=O) groups excluding carboxylic acids is 1. The normalized spacial score (nSPS) is 10.0. The first-order valence-corrected chi connectivity index (χ1v) is 21.3. The molecular formula is C48H107N5O. The van der Waals surface area contributed by atoms with Crippen molar-refractivity contribution in [3.63, 3.8) is 0 Å². The lowest BCUT2D eigenvalue weighted by molar-refractivity contribution is -0.126. The first-order valence-electron chi connectivity index (χ1n) is 21.3. The Morgan fingerprint density at radius 1 is 0.815 bits per heavy atom. The van der Waals surface area contributed by atoms with Gasteiger partial charge >= 0.3 is 0 Å². The van der Waals surface area contributed by atoms with Crippen LogP contribution < -0.4 is 22.3 Å². The van der Waals surface area contributed by atoms with Crippen LogP contribution >= 0.6 is 0 Å². The Morgan fingerprint density at radius 2 is 1.20 bits per heavy atom. The van der Waals surface area contributed by atoms with Gasteiger partial charge in [-0.1, -0.05) is 185 Å². The zero-order chi connectivity index (χ0) is 45.4. The maximum Gasteiger partial charge on any atom is 0.270 e. The molecule has 1 aliphatic rings. The molecule has 0 spiro atoms. The molecule has 0 aromatic rings. The summed E-state index contributed by atoms with van der Waals surface area (Å²) in [5.74, 6) is 1.45. The zero-order valence-electron chi connectivity index (χ0n) is 40.7. The molecule has 1 fully saturated rings. The molecule has 0 aliphatic heterocycles. The number of hydrazine groups is 1. The van der Waals surface area contributed by atoms with Crippen LogP contribution in [0.3, 0.4) is 0 Å². The molecule has 6 heteroatoms. The summed E-state index contributed by atoms with van der Waals surface area (Å²) in [6, 6.07) is 0. The number of hydrogen-bond acceptors (Lipinski definition) is 5. The largest absolute Gasteiger partial charge is 0.340 e. The van der Waals surface area contributed by atoms with Gasteiger partial charge < -0.3 is 21.8 Å². The molecule has 1 rings (SSSR count). The van der Waals surface area contributed by atoms with Crippen molar-refractivity contribution < 1.29 is 4.79 Å². The third-order valence-corrected chi connectivity index (χ3v) is 5.65. The van der Waals surface area contributed by atoms with Crippen LogP contribution in [0.2, 0.25) is 0 Å². The molecule has 0 aromatic carbocycles. The van der Waals surface area contributed by atoms with E-state index in [2.05, 4.69) is 138 Å². The fraction of sp³-hybridized carbons (Fsp3) is 0.729. The lowest BCUT2D eigenvalue weighted by Gasteiger charge is -2.19. The van der Waals surface area contributed by atoms with Crippen LogP contribution in [0.25, 0.3) is 0 Å². The van der Waals surface area contributed by atoms with Gasteiger partial charge in [-0.05, 0) is 70.4 Å². The van der Waals surface area contributed by atoms with E-state index in [1.807, 2.05) is 53.8 Å². The predicted molar refractivity (Wildman–Crippen MR) is 259 cm³/mol. The number of rotatable bonds is 16. The van der Waals surface area contributed by atoms with Crippen molar-refractivity contribution in [3.8, 4) is 0 Å². The SMILES string of the molecule is C=C.C=CC.C=CC(=C)C(CCCCNNC(=C)C(=O)N(C)CCCC)CC1CC1.C=CCC(C)(C)C.CC.CC.CCC.CCC.CCC.CN.CN. The van der Waals surface area contributed by atoms with Gasteiger partial charge in [0.15, 0.2) is 0 Å². The lowest BCUT2D eigenvalue weighted by atomic mass is 9.89. The summed E-state index contributed by atoms with van der Waals surface area (Å²) in [6.45, 7) is 57.8. The van der Waals surface area contributed by atoms with E-state index >= 15 is 0 Å². The number of unbranched alkanes of at least 4 members (excludes halogenated alkanes) is 2. The van der Waals surface area contributed by atoms with Crippen LogP contribution in [0.1, 0.15) is 181 Å². The number of carbonyl (C=O) groups is 1. The molecule has 1 saturated carbocycles. The standard InChI is InChI=1S/C21H37N3O.C7H14.3C3H8.C3H6.2C2H6.C2H4.2CH5N/c1-6-8-15-24(5)21(25)18(4)23-22-14-10-9-11-20(17(3)7-2)16-19-12-13-19;1-5-6-7(2,3)4;4*1-3-2;5*1-2/h7,19-20,22-23H,2-4,6,8-16H2,1,5H3;5H,1,6H2,2-4H3;3*3H2,1-2H3;3H,1H2,2H3;2*1-2H3;1-2H2;2*2H2,1H3. The summed E-state index contributed by atoms with van der Waals surface area (Å²) in [4.78, 5) is 13.8. The van der Waals surface area contributed by atoms with Crippen molar-refractivity contribution in [2.24, 2.45) is 28.7 Å². The van der Waals surface area contributed by atoms with Gasteiger partial charge in [0.1, 0.15) is 5.70 Å². The fourth-order valence-corrected chi connectivity index (χ4v) is 3.36. The number of nitrogens with one attached hydrogen (secondary N) is 2. The smallest absolute Gasteiger partial charge is 0.270 e. The monoisotopic (exact) mass is 770 g/mol. The van der Waals surface area contributed by atoms with E-state index in [0.717, 1.165) is 51.1 Å². The molecule has 1 unspecified atom stereocenters. The van der Waals surface area contributed by atoms with E-state index in [1.165, 1.54) is 64.6 Å². The summed E-state index contributed by atoms with van der Waals surface area (Å²) in [6.07, 6.45) is 20.0. The van der Waals surface area contributed by atoms with E-state index < -0.39 is 0 Å². The number of nitrogens with two attached hydrogens (primary N) is 2. The minimum atomic E-state index is -0.0484. The summed E-state index contributed by atoms with van der Waals surface area (Å²) in [5.41, 5.74) is 17.1. The van der Waals surface area contributed by atoms with E-state index in [9.17, 15) is 4.79 Å². The average Bonchev–Trinajstić information content (AvgIpc) is 4.00. The number of allylic oxidation sites excluding steroid dienone is 4. The van der Waals surface area contributed by atoms with E-state index in [1.54, 1.807) is 11.0 Å². The van der Waals surface area contributed by atoms with Crippen LogP contribution in [0.15, 0.2) is 75.6 Å². The van der Waals surface area contributed by atoms with Crippen LogP contribution in [0, 0.1) is 17.3 Å². The van der Waals surface area contributed by atoms with Gasteiger partial charge in [-0.3, -0.25) is 4.79 Å². The average molecular weight is 770 g/mol. The molecular weight excluding hydrogens is 663 g/mol. The molecule has 1 aliphatic carbocycles. The molecule has 1 amide bonds. The number of likely N-dealkylation sites (N-methyl/N-ethyl adjacent to an activating group) is 1. The Bertz CT molecular complexity index is 689. The predicted octanol–water partition coefficient (Wildman–Crippen LogP) is 14.2. The molecule has 54 heavy (non-hydrogen) atoms.